The van der Waals surface area contributed by atoms with Gasteiger partial charge in [0.25, 0.3) is 5.91 Å². The molecule has 132 valence electrons. The summed E-state index contributed by atoms with van der Waals surface area (Å²) in [6.07, 6.45) is 1.78. The minimum absolute atomic E-state index is 0.133. The number of urea groups is 1. The lowest BCUT2D eigenvalue weighted by molar-refractivity contribution is -0.134. The molecule has 0 aromatic heterocycles. The van der Waals surface area contributed by atoms with Crippen molar-refractivity contribution in [2.24, 2.45) is 5.92 Å². The first kappa shape index (κ1) is 16.9. The average molecular weight is 345 g/mol. The number of methoxy groups -OCH3 is 1. The molecule has 2 fully saturated rings. The number of anilines is 1. The third-order valence-corrected chi connectivity index (χ3v) is 4.56. The summed E-state index contributed by atoms with van der Waals surface area (Å²) in [4.78, 5) is 49.2. The second-order valence-corrected chi connectivity index (χ2v) is 6.42. The maximum atomic E-state index is 12.5. The Hall–Kier alpha value is -2.90. The Morgan fingerprint density at radius 2 is 2.08 bits per heavy atom. The van der Waals surface area contributed by atoms with Crippen LogP contribution in [0.25, 0.3) is 0 Å². The van der Waals surface area contributed by atoms with Gasteiger partial charge in [0.1, 0.15) is 12.1 Å². The summed E-state index contributed by atoms with van der Waals surface area (Å²) in [6, 6.07) is 5.66. The fraction of sp³-hybridized carbons (Fsp3) is 0.412. The molecule has 1 aromatic rings. The van der Waals surface area contributed by atoms with E-state index in [-0.39, 0.29) is 23.9 Å². The van der Waals surface area contributed by atoms with Crippen LogP contribution in [0.1, 0.15) is 30.1 Å². The molecule has 3 rings (SSSR count). The molecule has 0 spiro atoms. The van der Waals surface area contributed by atoms with Crippen molar-refractivity contribution in [3.63, 3.8) is 0 Å². The zero-order valence-corrected chi connectivity index (χ0v) is 14.0. The summed E-state index contributed by atoms with van der Waals surface area (Å²) in [6.45, 7) is 1.32. The SMILES string of the molecule is COC(=O)c1cccc(NC(=O)CN2C(=O)NC(C)(C3CC3)C2=O)c1. The van der Waals surface area contributed by atoms with Gasteiger partial charge in [-0.1, -0.05) is 6.07 Å². The van der Waals surface area contributed by atoms with E-state index in [0.717, 1.165) is 17.7 Å². The largest absolute Gasteiger partial charge is 0.465 e. The fourth-order valence-electron chi connectivity index (χ4n) is 2.98. The van der Waals surface area contributed by atoms with Crippen LogP contribution in [0.15, 0.2) is 24.3 Å². The van der Waals surface area contributed by atoms with Crippen LogP contribution in [-0.2, 0) is 14.3 Å². The highest BCUT2D eigenvalue weighted by molar-refractivity contribution is 6.10. The molecule has 8 heteroatoms. The lowest BCUT2D eigenvalue weighted by atomic mass is 9.96. The first-order valence-electron chi connectivity index (χ1n) is 7.97. The summed E-state index contributed by atoms with van der Waals surface area (Å²) < 4.78 is 4.63. The third-order valence-electron chi connectivity index (χ3n) is 4.56. The van der Waals surface area contributed by atoms with Crippen LogP contribution >= 0.6 is 0 Å². The number of ether oxygens (including phenoxy) is 1. The standard InChI is InChI=1S/C17H19N3O5/c1-17(11-6-7-11)15(23)20(16(24)19-17)9-13(21)18-12-5-3-4-10(8-12)14(22)25-2/h3-5,8,11H,6-7,9H2,1-2H3,(H,18,21)(H,19,24). The lowest BCUT2D eigenvalue weighted by Gasteiger charge is -2.20. The molecule has 1 unspecified atom stereocenters. The molecular formula is C17H19N3O5. The zero-order chi connectivity index (χ0) is 18.2. The van der Waals surface area contributed by atoms with Gasteiger partial charge in [-0.2, -0.15) is 0 Å². The van der Waals surface area contributed by atoms with Crippen molar-refractivity contribution in [2.75, 3.05) is 19.0 Å². The topological polar surface area (TPSA) is 105 Å². The second-order valence-electron chi connectivity index (χ2n) is 6.42. The Balaban J connectivity index is 1.66. The van der Waals surface area contributed by atoms with Crippen LogP contribution in [0.2, 0.25) is 0 Å². The third kappa shape index (κ3) is 3.19. The van der Waals surface area contributed by atoms with Crippen LogP contribution in [-0.4, -0.2) is 47.9 Å². The number of nitrogens with zero attached hydrogens (tertiary/aromatic N) is 1. The van der Waals surface area contributed by atoms with Crippen LogP contribution in [0.4, 0.5) is 10.5 Å². The first-order chi connectivity index (χ1) is 11.8. The molecule has 1 saturated heterocycles. The highest BCUT2D eigenvalue weighted by Crippen LogP contribution is 2.42. The van der Waals surface area contributed by atoms with Crippen molar-refractivity contribution in [3.8, 4) is 0 Å². The van der Waals surface area contributed by atoms with Crippen molar-refractivity contribution >= 4 is 29.5 Å². The number of esters is 1. The molecule has 1 aliphatic carbocycles. The minimum Gasteiger partial charge on any atom is -0.465 e. The highest BCUT2D eigenvalue weighted by atomic mass is 16.5. The molecule has 25 heavy (non-hydrogen) atoms. The number of rotatable bonds is 5. The predicted molar refractivity (Wildman–Crippen MR) is 87.8 cm³/mol. The Morgan fingerprint density at radius 3 is 2.72 bits per heavy atom. The molecule has 4 amide bonds. The first-order valence-corrected chi connectivity index (χ1v) is 7.97. The van der Waals surface area contributed by atoms with E-state index in [0.29, 0.717) is 5.69 Å². The molecule has 1 aromatic carbocycles. The summed E-state index contributed by atoms with van der Waals surface area (Å²) in [5.74, 6) is -1.29. The maximum Gasteiger partial charge on any atom is 0.337 e. The van der Waals surface area contributed by atoms with Gasteiger partial charge in [0.2, 0.25) is 5.91 Å². The van der Waals surface area contributed by atoms with Crippen molar-refractivity contribution in [2.45, 2.75) is 25.3 Å². The summed E-state index contributed by atoms with van der Waals surface area (Å²) in [5, 5.41) is 5.27. The van der Waals surface area contributed by atoms with E-state index in [2.05, 4.69) is 15.4 Å². The normalized spacial score (nSPS) is 22.6. The van der Waals surface area contributed by atoms with E-state index in [1.54, 1.807) is 25.1 Å². The highest BCUT2D eigenvalue weighted by Gasteiger charge is 2.56. The molecule has 1 heterocycles. The minimum atomic E-state index is -0.915. The van der Waals surface area contributed by atoms with Gasteiger partial charge in [-0.25, -0.2) is 9.59 Å². The molecule has 1 atom stereocenters. The number of nitrogens with one attached hydrogen (secondary N) is 2. The number of carbonyl (C=O) groups is 4. The summed E-state index contributed by atoms with van der Waals surface area (Å²) in [7, 11) is 1.27. The van der Waals surface area contributed by atoms with E-state index in [1.165, 1.54) is 13.2 Å². The van der Waals surface area contributed by atoms with Crippen LogP contribution in [0.3, 0.4) is 0 Å². The predicted octanol–water partition coefficient (Wildman–Crippen LogP) is 1.13. The van der Waals surface area contributed by atoms with Crippen molar-refractivity contribution in [1.82, 2.24) is 10.2 Å². The molecular weight excluding hydrogens is 326 g/mol. The number of hydrogen-bond acceptors (Lipinski definition) is 5. The van der Waals surface area contributed by atoms with E-state index < -0.39 is 23.4 Å². The van der Waals surface area contributed by atoms with Gasteiger partial charge in [-0.15, -0.1) is 0 Å². The van der Waals surface area contributed by atoms with E-state index >= 15 is 0 Å². The summed E-state index contributed by atoms with van der Waals surface area (Å²) >= 11 is 0. The van der Waals surface area contributed by atoms with E-state index in [9.17, 15) is 19.2 Å². The fourth-order valence-corrected chi connectivity index (χ4v) is 2.98. The second kappa shape index (κ2) is 6.19. The Morgan fingerprint density at radius 1 is 1.36 bits per heavy atom. The van der Waals surface area contributed by atoms with Gasteiger partial charge in [0, 0.05) is 5.69 Å². The quantitative estimate of drug-likeness (QED) is 0.615. The van der Waals surface area contributed by atoms with Crippen LogP contribution in [0.5, 0.6) is 0 Å². The smallest absolute Gasteiger partial charge is 0.337 e. The van der Waals surface area contributed by atoms with Crippen LogP contribution in [0, 0.1) is 5.92 Å². The monoisotopic (exact) mass is 345 g/mol. The van der Waals surface area contributed by atoms with E-state index in [1.807, 2.05) is 0 Å². The van der Waals surface area contributed by atoms with Gasteiger partial charge in [0.05, 0.1) is 12.7 Å². The van der Waals surface area contributed by atoms with Crippen molar-refractivity contribution in [1.29, 1.82) is 0 Å². The lowest BCUT2D eigenvalue weighted by Crippen LogP contribution is -2.46. The number of benzene rings is 1. The van der Waals surface area contributed by atoms with Gasteiger partial charge in [0.15, 0.2) is 0 Å². The molecule has 1 aliphatic heterocycles. The van der Waals surface area contributed by atoms with E-state index in [4.69, 9.17) is 0 Å². The summed E-state index contributed by atoms with van der Waals surface area (Å²) in [5.41, 5.74) is -0.246. The average Bonchev–Trinajstić information content (AvgIpc) is 3.40. The molecule has 0 radical (unpaired) electrons. The molecule has 2 N–H and O–H groups in total. The molecule has 8 nitrogen and oxygen atoms in total. The van der Waals surface area contributed by atoms with Gasteiger partial charge in [-0.05, 0) is 43.9 Å². The number of hydrogen-bond donors (Lipinski definition) is 2. The number of amides is 4. The Labute approximate surface area is 144 Å². The van der Waals surface area contributed by atoms with Gasteiger partial charge < -0.3 is 15.4 Å². The Kier molecular flexibility index (Phi) is 4.20. The van der Waals surface area contributed by atoms with Crippen LogP contribution < -0.4 is 10.6 Å². The van der Waals surface area contributed by atoms with Gasteiger partial charge >= 0.3 is 12.0 Å². The van der Waals surface area contributed by atoms with Gasteiger partial charge in [-0.3, -0.25) is 14.5 Å². The number of carbonyl (C=O) groups excluding carboxylic acids is 4. The van der Waals surface area contributed by atoms with Crippen molar-refractivity contribution < 1.29 is 23.9 Å². The zero-order valence-electron chi connectivity index (χ0n) is 14.0. The van der Waals surface area contributed by atoms with Crippen molar-refractivity contribution in [3.05, 3.63) is 29.8 Å². The molecule has 1 saturated carbocycles. The molecule has 0 bridgehead atoms. The number of imide groups is 1. The Bertz CT molecular complexity index is 758. The molecule has 2 aliphatic rings. The maximum absolute atomic E-state index is 12.5.